The van der Waals surface area contributed by atoms with Crippen LogP contribution in [0.4, 0.5) is 8.78 Å². The van der Waals surface area contributed by atoms with E-state index < -0.39 is 5.92 Å². The van der Waals surface area contributed by atoms with Crippen LogP contribution >= 0.6 is 15.9 Å². The minimum absolute atomic E-state index is 0.0335. The maximum atomic E-state index is 13.2. The summed E-state index contributed by atoms with van der Waals surface area (Å²) in [6.45, 7) is 0. The van der Waals surface area contributed by atoms with Crippen molar-refractivity contribution in [2.75, 3.05) is 7.05 Å². The van der Waals surface area contributed by atoms with E-state index in [0.29, 0.717) is 18.8 Å². The van der Waals surface area contributed by atoms with E-state index in [4.69, 9.17) is 0 Å². The molecule has 0 aliphatic heterocycles. The molecule has 1 aliphatic rings. The Kier molecular flexibility index (Phi) is 4.96. The molecule has 106 valence electrons. The van der Waals surface area contributed by atoms with Crippen molar-refractivity contribution in [2.24, 2.45) is 5.92 Å². The maximum absolute atomic E-state index is 13.2. The molecule has 0 amide bonds. The lowest BCUT2D eigenvalue weighted by molar-refractivity contribution is -0.0492. The molecule has 1 unspecified atom stereocenters. The number of halogens is 3. The van der Waals surface area contributed by atoms with Gasteiger partial charge in [0.15, 0.2) is 0 Å². The number of benzene rings is 1. The Balaban J connectivity index is 1.99. The molecule has 1 fully saturated rings. The molecule has 0 spiro atoms. The fraction of sp³-hybridized carbons (Fsp3) is 0.600. The molecule has 1 nitrogen and oxygen atoms in total. The summed E-state index contributed by atoms with van der Waals surface area (Å²) in [4.78, 5) is 0. The van der Waals surface area contributed by atoms with Gasteiger partial charge >= 0.3 is 0 Å². The molecule has 0 aromatic heterocycles. The van der Waals surface area contributed by atoms with E-state index in [1.807, 2.05) is 25.2 Å². The summed E-state index contributed by atoms with van der Waals surface area (Å²) in [5, 5.41) is 3.31. The third-order valence-electron chi connectivity index (χ3n) is 4.10. The van der Waals surface area contributed by atoms with Crippen molar-refractivity contribution in [1.29, 1.82) is 0 Å². The van der Waals surface area contributed by atoms with Crippen LogP contribution in [0.15, 0.2) is 28.7 Å². The van der Waals surface area contributed by atoms with Gasteiger partial charge in [0.2, 0.25) is 5.92 Å². The van der Waals surface area contributed by atoms with Crippen LogP contribution in [0.3, 0.4) is 0 Å². The van der Waals surface area contributed by atoms with Crippen molar-refractivity contribution in [3.63, 3.8) is 0 Å². The second-order valence-corrected chi connectivity index (χ2v) is 6.24. The number of hydrogen-bond donors (Lipinski definition) is 1. The van der Waals surface area contributed by atoms with Crippen molar-refractivity contribution >= 4 is 15.9 Å². The Morgan fingerprint density at radius 2 is 1.95 bits per heavy atom. The predicted octanol–water partition coefficient (Wildman–Crippen LogP) is 4.41. The van der Waals surface area contributed by atoms with Crippen LogP contribution < -0.4 is 5.32 Å². The molecule has 0 saturated heterocycles. The first kappa shape index (κ1) is 14.9. The molecule has 0 heterocycles. The summed E-state index contributed by atoms with van der Waals surface area (Å²) >= 11 is 3.55. The highest BCUT2D eigenvalue weighted by Gasteiger charge is 2.37. The highest BCUT2D eigenvalue weighted by Crippen LogP contribution is 2.38. The second-order valence-electron chi connectivity index (χ2n) is 5.38. The number of hydrogen-bond acceptors (Lipinski definition) is 1. The highest BCUT2D eigenvalue weighted by molar-refractivity contribution is 9.10. The van der Waals surface area contributed by atoms with Crippen molar-refractivity contribution in [1.82, 2.24) is 5.32 Å². The van der Waals surface area contributed by atoms with Gasteiger partial charge < -0.3 is 5.32 Å². The predicted molar refractivity (Wildman–Crippen MR) is 77.6 cm³/mol. The van der Waals surface area contributed by atoms with Crippen LogP contribution in [0.1, 0.15) is 31.2 Å². The minimum Gasteiger partial charge on any atom is -0.316 e. The normalized spacial score (nSPS) is 21.3. The Morgan fingerprint density at radius 3 is 2.53 bits per heavy atom. The van der Waals surface area contributed by atoms with Crippen LogP contribution in [-0.2, 0) is 6.42 Å². The molecule has 1 aliphatic carbocycles. The molecular weight excluding hydrogens is 312 g/mol. The van der Waals surface area contributed by atoms with Gasteiger partial charge in [-0.25, -0.2) is 8.78 Å². The first-order chi connectivity index (χ1) is 9.02. The average molecular weight is 332 g/mol. The molecule has 1 N–H and O–H groups in total. The van der Waals surface area contributed by atoms with E-state index in [1.165, 1.54) is 5.56 Å². The third-order valence-corrected chi connectivity index (χ3v) is 4.87. The molecule has 1 saturated carbocycles. The molecule has 0 bridgehead atoms. The molecule has 2 rings (SSSR count). The smallest absolute Gasteiger partial charge is 0.248 e. The maximum Gasteiger partial charge on any atom is 0.248 e. The average Bonchev–Trinajstić information content (AvgIpc) is 2.38. The van der Waals surface area contributed by atoms with E-state index in [-0.39, 0.29) is 18.9 Å². The van der Waals surface area contributed by atoms with E-state index in [1.54, 1.807) is 0 Å². The van der Waals surface area contributed by atoms with Crippen molar-refractivity contribution in [3.05, 3.63) is 34.3 Å². The summed E-state index contributed by atoms with van der Waals surface area (Å²) in [6, 6.07) is 8.39. The van der Waals surface area contributed by atoms with Crippen molar-refractivity contribution in [3.8, 4) is 0 Å². The van der Waals surface area contributed by atoms with Gasteiger partial charge in [-0.05, 0) is 43.9 Å². The Labute approximate surface area is 121 Å². The zero-order chi connectivity index (χ0) is 13.9. The van der Waals surface area contributed by atoms with Gasteiger partial charge in [0, 0.05) is 23.4 Å². The second kappa shape index (κ2) is 6.31. The van der Waals surface area contributed by atoms with Gasteiger partial charge in [0.05, 0.1) is 0 Å². The molecular formula is C15H20BrF2N. The SMILES string of the molecule is CNC(Cc1ccccc1Br)C1CCC(F)(F)CC1. The van der Waals surface area contributed by atoms with Crippen LogP contribution in [0, 0.1) is 5.92 Å². The quantitative estimate of drug-likeness (QED) is 0.861. The van der Waals surface area contributed by atoms with Crippen LogP contribution in [0.5, 0.6) is 0 Å². The third kappa shape index (κ3) is 3.99. The zero-order valence-corrected chi connectivity index (χ0v) is 12.7. The van der Waals surface area contributed by atoms with Crippen LogP contribution in [-0.4, -0.2) is 19.0 Å². The minimum atomic E-state index is -2.44. The van der Waals surface area contributed by atoms with Gasteiger partial charge in [0.1, 0.15) is 0 Å². The van der Waals surface area contributed by atoms with Crippen molar-refractivity contribution in [2.45, 2.75) is 44.1 Å². The Hall–Kier alpha value is -0.480. The zero-order valence-electron chi connectivity index (χ0n) is 11.1. The van der Waals surface area contributed by atoms with E-state index >= 15 is 0 Å². The van der Waals surface area contributed by atoms with E-state index in [0.717, 1.165) is 10.9 Å². The van der Waals surface area contributed by atoms with Gasteiger partial charge in [-0.2, -0.15) is 0 Å². The van der Waals surface area contributed by atoms with Gasteiger partial charge in [0.25, 0.3) is 0 Å². The lowest BCUT2D eigenvalue weighted by Gasteiger charge is -2.34. The molecule has 19 heavy (non-hydrogen) atoms. The first-order valence-corrected chi connectivity index (χ1v) is 7.59. The largest absolute Gasteiger partial charge is 0.316 e. The first-order valence-electron chi connectivity index (χ1n) is 6.80. The number of nitrogens with one attached hydrogen (secondary N) is 1. The van der Waals surface area contributed by atoms with Crippen LogP contribution in [0.25, 0.3) is 0 Å². The Morgan fingerprint density at radius 1 is 1.32 bits per heavy atom. The topological polar surface area (TPSA) is 12.0 Å². The number of alkyl halides is 2. The number of rotatable bonds is 4. The molecule has 1 aromatic rings. The van der Waals surface area contributed by atoms with E-state index in [9.17, 15) is 8.78 Å². The summed E-state index contributed by atoms with van der Waals surface area (Å²) in [7, 11) is 1.92. The molecule has 0 radical (unpaired) electrons. The summed E-state index contributed by atoms with van der Waals surface area (Å²) in [5.74, 6) is -2.10. The van der Waals surface area contributed by atoms with Crippen LogP contribution in [0.2, 0.25) is 0 Å². The lowest BCUT2D eigenvalue weighted by atomic mass is 9.80. The van der Waals surface area contributed by atoms with E-state index in [2.05, 4.69) is 27.3 Å². The fourth-order valence-electron chi connectivity index (χ4n) is 2.87. The summed E-state index contributed by atoms with van der Waals surface area (Å²) < 4.78 is 27.5. The monoisotopic (exact) mass is 331 g/mol. The van der Waals surface area contributed by atoms with Crippen molar-refractivity contribution < 1.29 is 8.78 Å². The fourth-order valence-corrected chi connectivity index (χ4v) is 3.32. The molecule has 1 atom stereocenters. The lowest BCUT2D eigenvalue weighted by Crippen LogP contribution is -2.39. The Bertz CT molecular complexity index is 412. The summed E-state index contributed by atoms with van der Waals surface area (Å²) in [6.07, 6.45) is 2.18. The van der Waals surface area contributed by atoms with Gasteiger partial charge in [-0.15, -0.1) is 0 Å². The van der Waals surface area contributed by atoms with Gasteiger partial charge in [-0.1, -0.05) is 34.1 Å². The molecule has 1 aromatic carbocycles. The summed E-state index contributed by atoms with van der Waals surface area (Å²) in [5.41, 5.74) is 1.24. The molecule has 4 heteroatoms. The standard InChI is InChI=1S/C15H20BrF2N/c1-19-14(10-12-4-2-3-5-13(12)16)11-6-8-15(17,18)9-7-11/h2-5,11,14,19H,6-10H2,1H3. The number of likely N-dealkylation sites (N-methyl/N-ethyl adjacent to an activating group) is 1. The highest BCUT2D eigenvalue weighted by atomic mass is 79.9. The van der Waals surface area contributed by atoms with Gasteiger partial charge in [-0.3, -0.25) is 0 Å².